The Bertz CT molecular complexity index is 498. The van der Waals surface area contributed by atoms with E-state index in [4.69, 9.17) is 4.74 Å². The van der Waals surface area contributed by atoms with Crippen LogP contribution in [0.5, 0.6) is 0 Å². The van der Waals surface area contributed by atoms with Crippen molar-refractivity contribution in [3.8, 4) is 0 Å². The predicted octanol–water partition coefficient (Wildman–Crippen LogP) is 1.66. The highest BCUT2D eigenvalue weighted by molar-refractivity contribution is 6.01. The molecule has 0 bridgehead atoms. The van der Waals surface area contributed by atoms with E-state index in [1.54, 1.807) is 31.2 Å². The molecule has 108 valence electrons. The van der Waals surface area contributed by atoms with Gasteiger partial charge in [-0.25, -0.2) is 4.79 Å². The summed E-state index contributed by atoms with van der Waals surface area (Å²) >= 11 is 0. The predicted molar refractivity (Wildman–Crippen MR) is 76.6 cm³/mol. The van der Waals surface area contributed by atoms with E-state index in [0.717, 1.165) is 13.1 Å². The molecule has 20 heavy (non-hydrogen) atoms. The smallest absolute Gasteiger partial charge is 0.340 e. The number of esters is 1. The Morgan fingerprint density at radius 3 is 2.70 bits per heavy atom. The average molecular weight is 276 g/mol. The van der Waals surface area contributed by atoms with E-state index in [1.165, 1.54) is 0 Å². The molecule has 0 saturated carbocycles. The maximum absolute atomic E-state index is 12.2. The SMILES string of the molecule is CCOC(=O)c1ccccc1NC(=O)C(C)C1CNC1. The van der Waals surface area contributed by atoms with Crippen molar-refractivity contribution in [1.29, 1.82) is 0 Å². The molecule has 1 saturated heterocycles. The molecule has 0 aromatic heterocycles. The van der Waals surface area contributed by atoms with Gasteiger partial charge in [-0.15, -0.1) is 0 Å². The van der Waals surface area contributed by atoms with E-state index < -0.39 is 5.97 Å². The van der Waals surface area contributed by atoms with Gasteiger partial charge in [-0.3, -0.25) is 4.79 Å². The summed E-state index contributed by atoms with van der Waals surface area (Å²) in [6.45, 7) is 5.71. The first-order valence-electron chi connectivity index (χ1n) is 6.91. The topological polar surface area (TPSA) is 67.4 Å². The van der Waals surface area contributed by atoms with E-state index in [9.17, 15) is 9.59 Å². The highest BCUT2D eigenvalue weighted by Crippen LogP contribution is 2.21. The number of benzene rings is 1. The van der Waals surface area contributed by atoms with Crippen molar-refractivity contribution in [2.45, 2.75) is 13.8 Å². The molecular weight excluding hydrogens is 256 g/mol. The van der Waals surface area contributed by atoms with Crippen molar-refractivity contribution in [2.24, 2.45) is 11.8 Å². The monoisotopic (exact) mass is 276 g/mol. The van der Waals surface area contributed by atoms with Gasteiger partial charge in [0.15, 0.2) is 0 Å². The third-order valence-corrected chi connectivity index (χ3v) is 3.61. The Balaban J connectivity index is 2.08. The second-order valence-corrected chi connectivity index (χ2v) is 4.96. The Morgan fingerprint density at radius 2 is 2.10 bits per heavy atom. The number of hydrogen-bond acceptors (Lipinski definition) is 4. The number of rotatable bonds is 5. The molecular formula is C15H20N2O3. The fourth-order valence-corrected chi connectivity index (χ4v) is 2.10. The first-order chi connectivity index (χ1) is 9.63. The first kappa shape index (κ1) is 14.5. The number of amides is 1. The number of anilines is 1. The van der Waals surface area contributed by atoms with E-state index in [2.05, 4.69) is 10.6 Å². The minimum atomic E-state index is -0.415. The molecule has 0 aliphatic carbocycles. The summed E-state index contributed by atoms with van der Waals surface area (Å²) < 4.78 is 4.99. The molecule has 5 heteroatoms. The van der Waals surface area contributed by atoms with Crippen LogP contribution in [0, 0.1) is 11.8 Å². The molecule has 1 aliphatic rings. The van der Waals surface area contributed by atoms with Crippen LogP contribution in [0.4, 0.5) is 5.69 Å². The Kier molecular flexibility index (Phi) is 4.74. The highest BCUT2D eigenvalue weighted by Gasteiger charge is 2.29. The minimum Gasteiger partial charge on any atom is -0.462 e. The molecule has 1 aliphatic heterocycles. The molecule has 1 heterocycles. The van der Waals surface area contributed by atoms with Gasteiger partial charge >= 0.3 is 5.97 Å². The molecule has 1 atom stereocenters. The summed E-state index contributed by atoms with van der Waals surface area (Å²) in [6, 6.07) is 6.91. The second kappa shape index (κ2) is 6.52. The number of nitrogens with one attached hydrogen (secondary N) is 2. The quantitative estimate of drug-likeness (QED) is 0.803. The summed E-state index contributed by atoms with van der Waals surface area (Å²) in [7, 11) is 0. The molecule has 1 unspecified atom stereocenters. The van der Waals surface area contributed by atoms with Crippen LogP contribution >= 0.6 is 0 Å². The zero-order chi connectivity index (χ0) is 14.5. The Morgan fingerprint density at radius 1 is 1.40 bits per heavy atom. The number of carbonyl (C=O) groups is 2. The second-order valence-electron chi connectivity index (χ2n) is 4.96. The van der Waals surface area contributed by atoms with Crippen molar-refractivity contribution < 1.29 is 14.3 Å². The maximum Gasteiger partial charge on any atom is 0.340 e. The number of ether oxygens (including phenoxy) is 1. The molecule has 0 radical (unpaired) electrons. The molecule has 5 nitrogen and oxygen atoms in total. The van der Waals surface area contributed by atoms with Crippen molar-refractivity contribution in [3.63, 3.8) is 0 Å². The van der Waals surface area contributed by atoms with Crippen LogP contribution < -0.4 is 10.6 Å². The number of carbonyl (C=O) groups excluding carboxylic acids is 2. The van der Waals surface area contributed by atoms with E-state index >= 15 is 0 Å². The molecule has 2 rings (SSSR count). The van der Waals surface area contributed by atoms with Crippen LogP contribution in [0.3, 0.4) is 0 Å². The van der Waals surface area contributed by atoms with Gasteiger partial charge in [-0.2, -0.15) is 0 Å². The third-order valence-electron chi connectivity index (χ3n) is 3.61. The lowest BCUT2D eigenvalue weighted by Gasteiger charge is -2.31. The van der Waals surface area contributed by atoms with Gasteiger partial charge in [0.25, 0.3) is 0 Å². The molecule has 1 aromatic carbocycles. The van der Waals surface area contributed by atoms with Gasteiger partial charge in [0.1, 0.15) is 0 Å². The van der Waals surface area contributed by atoms with Gasteiger partial charge in [0.2, 0.25) is 5.91 Å². The number of para-hydroxylation sites is 1. The van der Waals surface area contributed by atoms with Crippen LogP contribution in [0.1, 0.15) is 24.2 Å². The van der Waals surface area contributed by atoms with Gasteiger partial charge in [-0.05, 0) is 38.1 Å². The first-order valence-corrected chi connectivity index (χ1v) is 6.91. The molecule has 0 spiro atoms. The van der Waals surface area contributed by atoms with Crippen LogP contribution in [0.2, 0.25) is 0 Å². The summed E-state index contributed by atoms with van der Waals surface area (Å²) in [6.07, 6.45) is 0. The lowest BCUT2D eigenvalue weighted by molar-refractivity contribution is -0.121. The van der Waals surface area contributed by atoms with Crippen LogP contribution in [-0.4, -0.2) is 31.6 Å². The zero-order valence-electron chi connectivity index (χ0n) is 11.8. The molecule has 1 fully saturated rings. The van der Waals surface area contributed by atoms with Gasteiger partial charge < -0.3 is 15.4 Å². The summed E-state index contributed by atoms with van der Waals surface area (Å²) in [5.41, 5.74) is 0.900. The largest absolute Gasteiger partial charge is 0.462 e. The summed E-state index contributed by atoms with van der Waals surface area (Å²) in [5.74, 6) is -0.189. The van der Waals surface area contributed by atoms with Gasteiger partial charge in [0.05, 0.1) is 17.9 Å². The summed E-state index contributed by atoms with van der Waals surface area (Å²) in [4.78, 5) is 24.0. The van der Waals surface area contributed by atoms with Crippen LogP contribution in [0.25, 0.3) is 0 Å². The summed E-state index contributed by atoms with van der Waals surface area (Å²) in [5, 5.41) is 5.98. The lowest BCUT2D eigenvalue weighted by Crippen LogP contribution is -2.48. The minimum absolute atomic E-state index is 0.0618. The van der Waals surface area contributed by atoms with Crippen molar-refractivity contribution in [1.82, 2.24) is 5.32 Å². The third kappa shape index (κ3) is 3.17. The van der Waals surface area contributed by atoms with Crippen molar-refractivity contribution >= 4 is 17.6 Å². The van der Waals surface area contributed by atoms with E-state index in [1.807, 2.05) is 6.92 Å². The van der Waals surface area contributed by atoms with Crippen molar-refractivity contribution in [3.05, 3.63) is 29.8 Å². The zero-order valence-corrected chi connectivity index (χ0v) is 11.8. The fourth-order valence-electron chi connectivity index (χ4n) is 2.10. The van der Waals surface area contributed by atoms with Gasteiger partial charge in [-0.1, -0.05) is 19.1 Å². The normalized spacial score (nSPS) is 16.1. The van der Waals surface area contributed by atoms with E-state index in [0.29, 0.717) is 23.8 Å². The lowest BCUT2D eigenvalue weighted by atomic mass is 9.88. The Labute approximate surface area is 118 Å². The standard InChI is InChI=1S/C15H20N2O3/c1-3-20-15(19)12-6-4-5-7-13(12)17-14(18)10(2)11-8-16-9-11/h4-7,10-11,16H,3,8-9H2,1-2H3,(H,17,18). The molecule has 2 N–H and O–H groups in total. The molecule has 1 amide bonds. The fraction of sp³-hybridized carbons (Fsp3) is 0.467. The Hall–Kier alpha value is -1.88. The van der Waals surface area contributed by atoms with Crippen LogP contribution in [-0.2, 0) is 9.53 Å². The van der Waals surface area contributed by atoms with Crippen molar-refractivity contribution in [2.75, 3.05) is 25.0 Å². The van der Waals surface area contributed by atoms with Gasteiger partial charge in [0, 0.05) is 5.92 Å². The molecule has 1 aromatic rings. The number of hydrogen-bond donors (Lipinski definition) is 2. The highest BCUT2D eigenvalue weighted by atomic mass is 16.5. The van der Waals surface area contributed by atoms with Crippen LogP contribution in [0.15, 0.2) is 24.3 Å². The maximum atomic E-state index is 12.2. The average Bonchev–Trinajstić information content (AvgIpc) is 2.37. The van der Waals surface area contributed by atoms with E-state index in [-0.39, 0.29) is 11.8 Å².